The van der Waals surface area contributed by atoms with Crippen molar-refractivity contribution in [2.24, 2.45) is 177 Å². The van der Waals surface area contributed by atoms with Crippen LogP contribution in [0.15, 0.2) is 35.9 Å². The predicted octanol–water partition coefficient (Wildman–Crippen LogP) is 8.71. The van der Waals surface area contributed by atoms with E-state index in [1.165, 1.54) is 101 Å². The third kappa shape index (κ3) is 2.14. The van der Waals surface area contributed by atoms with E-state index in [1.54, 1.807) is 50.5 Å². The Hall–Kier alpha value is -1.08. The molecule has 0 N–H and O–H groups in total. The molecule has 1 aliphatic heterocycles. The molecule has 1 aromatic rings. The smallest absolute Gasteiger partial charge is 0.0385 e. The van der Waals surface area contributed by atoms with Gasteiger partial charge in [-0.05, 0) is 236 Å². The first-order valence-electron chi connectivity index (χ1n) is 23.1. The molecule has 16 fully saturated rings. The number of nitrogens with zero attached hydrogens (tertiary/aromatic N) is 1. The van der Waals surface area contributed by atoms with Gasteiger partial charge in [0.15, 0.2) is 0 Å². The number of aryl methyl sites for hydroxylation is 1. The van der Waals surface area contributed by atoms with Crippen molar-refractivity contribution < 1.29 is 0 Å². The third-order valence-corrected chi connectivity index (χ3v) is 25.1. The zero-order valence-electron chi connectivity index (χ0n) is 30.3. The van der Waals surface area contributed by atoms with E-state index in [4.69, 9.17) is 0 Å². The van der Waals surface area contributed by atoms with E-state index < -0.39 is 0 Å². The summed E-state index contributed by atoms with van der Waals surface area (Å²) in [6, 6.07) is 10.8. The lowest BCUT2D eigenvalue weighted by Crippen LogP contribution is -2.61. The lowest BCUT2D eigenvalue weighted by Gasteiger charge is -2.64. The molecule has 1 heterocycles. The van der Waals surface area contributed by atoms with Crippen molar-refractivity contribution >= 4 is 0 Å². The summed E-state index contributed by atoms with van der Waals surface area (Å²) in [7, 11) is 2.62. The second kappa shape index (κ2) is 7.34. The Morgan fingerprint density at radius 1 is 0.500 bits per heavy atom. The quantitative estimate of drug-likeness (QED) is 0.273. The summed E-state index contributed by atoms with van der Waals surface area (Å²) in [6.45, 7) is 3.72. The van der Waals surface area contributed by atoms with Crippen molar-refractivity contribution in [3.05, 3.63) is 47.0 Å². The molecule has 1 heteroatoms. The highest BCUT2D eigenvalue weighted by molar-refractivity contribution is 5.44. The van der Waals surface area contributed by atoms with Crippen LogP contribution in [0, 0.1) is 184 Å². The van der Waals surface area contributed by atoms with Gasteiger partial charge in [0.1, 0.15) is 0 Å². The fourth-order valence-electron chi connectivity index (χ4n) is 26.8. The van der Waals surface area contributed by atoms with Gasteiger partial charge in [-0.2, -0.15) is 0 Å². The van der Waals surface area contributed by atoms with Gasteiger partial charge in [-0.25, -0.2) is 0 Å². The molecule has 0 bridgehead atoms. The maximum Gasteiger partial charge on any atom is 0.0385 e. The number of fused-ring (bicyclic) bond motifs is 1. The van der Waals surface area contributed by atoms with Crippen LogP contribution in [0.5, 0.6) is 0 Å². The minimum absolute atomic E-state index is 0.480. The molecule has 1 spiro atoms. The number of allylic oxidation sites excluding steroid dienone is 1. The van der Waals surface area contributed by atoms with Gasteiger partial charge in [-0.1, -0.05) is 41.5 Å². The van der Waals surface area contributed by atoms with Gasteiger partial charge in [-0.15, -0.1) is 0 Å². The molecule has 15 saturated carbocycles. The summed E-state index contributed by atoms with van der Waals surface area (Å²) in [4.78, 5) is 3.00. The topological polar surface area (TPSA) is 3.24 Å². The molecule has 50 heavy (non-hydrogen) atoms. The van der Waals surface area contributed by atoms with E-state index in [-0.39, 0.29) is 0 Å². The largest absolute Gasteiger partial charge is 0.298 e. The average molecular weight is 660 g/mol. The molecule has 18 rings (SSSR count). The van der Waals surface area contributed by atoms with Gasteiger partial charge in [0.25, 0.3) is 0 Å². The van der Waals surface area contributed by atoms with Crippen LogP contribution in [0.2, 0.25) is 0 Å². The van der Waals surface area contributed by atoms with E-state index in [2.05, 4.69) is 54.8 Å². The Morgan fingerprint density at radius 3 is 1.62 bits per heavy atom. The fraction of sp³-hybridized carbons (Fsp3) is 0.837. The molecule has 258 valence electrons. The summed E-state index contributed by atoms with van der Waals surface area (Å²) in [5.41, 5.74) is 5.76. The Bertz CT molecular complexity index is 1910. The number of likely N-dealkylation sites (tertiary alicyclic amines) is 1. The van der Waals surface area contributed by atoms with Gasteiger partial charge in [0.05, 0.1) is 0 Å². The molecule has 17 aliphatic rings. The molecule has 1 aromatic carbocycles. The standard InChI is InChI=1S/C49H57N/c1-16-3-5-17(6-4-16)48-46-25-13-23-11-20-9-21-8-18-7-19-10-22-12-24-14-49(46,15-50(48)2)47-32(24)37-31(22)36-27(19)26(18)34-30(21)35-28(20)29(23)38-33(25)45(47)44-42(37)40(36)39(34)41(35)43(38)44/h3-6,14,18-23,25-48H,7-13,15H2,1-2H3. The Balaban J connectivity index is 0.964. The molecule has 16 aliphatic carbocycles. The Morgan fingerprint density at radius 2 is 0.980 bits per heavy atom. The van der Waals surface area contributed by atoms with Crippen LogP contribution in [-0.2, 0) is 0 Å². The zero-order chi connectivity index (χ0) is 31.3. The Labute approximate surface area is 299 Å². The van der Waals surface area contributed by atoms with Gasteiger partial charge >= 0.3 is 0 Å². The number of hydrogen-bond donors (Lipinski definition) is 0. The normalized spacial score (nSPS) is 76.1. The molecule has 0 radical (unpaired) electrons. The third-order valence-electron chi connectivity index (χ3n) is 25.1. The SMILES string of the molecule is Cc1ccc(C2C3C4CC5CC6CC7CC8CC9CC%10CC%11=CC3(CN2C)C2C%11C3C%10C%10C9C8C8C7C7C6C5C5C4C2C2C3C%10C8C7C52)cc1. The van der Waals surface area contributed by atoms with E-state index in [1.807, 2.05) is 0 Å². The minimum atomic E-state index is 0.480. The van der Waals surface area contributed by atoms with Crippen LogP contribution >= 0.6 is 0 Å². The number of hydrogen-bond acceptors (Lipinski definition) is 1. The number of rotatable bonds is 1. The first kappa shape index (κ1) is 25.9. The highest BCUT2D eigenvalue weighted by atomic mass is 15.2. The summed E-state index contributed by atoms with van der Waals surface area (Å²) < 4.78 is 0. The summed E-state index contributed by atoms with van der Waals surface area (Å²) in [5, 5.41) is 0. The lowest BCUT2D eigenvalue weighted by molar-refractivity contribution is -0.159. The summed E-state index contributed by atoms with van der Waals surface area (Å²) in [6.07, 6.45) is 15.0. The minimum Gasteiger partial charge on any atom is -0.298 e. The van der Waals surface area contributed by atoms with Gasteiger partial charge < -0.3 is 0 Å². The first-order valence-corrected chi connectivity index (χ1v) is 23.1. The molecule has 1 saturated heterocycles. The molecule has 1 nitrogen and oxygen atoms in total. The zero-order valence-corrected chi connectivity index (χ0v) is 30.3. The average Bonchev–Trinajstić information content (AvgIpc) is 3.95. The monoisotopic (exact) mass is 659 g/mol. The molecule has 0 amide bonds. The van der Waals surface area contributed by atoms with Gasteiger partial charge in [0, 0.05) is 18.0 Å². The second-order valence-corrected chi connectivity index (χ2v) is 24.5. The Kier molecular flexibility index (Phi) is 3.79. The maximum atomic E-state index is 3.25. The van der Waals surface area contributed by atoms with Crippen LogP contribution in [0.3, 0.4) is 0 Å². The predicted molar refractivity (Wildman–Crippen MR) is 191 cm³/mol. The highest BCUT2D eigenvalue weighted by Crippen LogP contribution is 2.93. The first-order chi connectivity index (χ1) is 24.6. The van der Waals surface area contributed by atoms with Crippen molar-refractivity contribution in [1.29, 1.82) is 0 Å². The van der Waals surface area contributed by atoms with E-state index >= 15 is 0 Å². The molecule has 0 aromatic heterocycles. The highest BCUT2D eigenvalue weighted by Gasteiger charge is 2.89. The molecule has 31 unspecified atom stereocenters. The van der Waals surface area contributed by atoms with Gasteiger partial charge in [0.2, 0.25) is 0 Å². The molecular formula is C49H57N. The number of benzene rings is 1. The van der Waals surface area contributed by atoms with Crippen molar-refractivity contribution in [2.45, 2.75) is 57.9 Å². The second-order valence-electron chi connectivity index (χ2n) is 24.5. The van der Waals surface area contributed by atoms with E-state index in [0.717, 1.165) is 82.9 Å². The van der Waals surface area contributed by atoms with Crippen LogP contribution in [0.25, 0.3) is 0 Å². The fourth-order valence-corrected chi connectivity index (χ4v) is 26.8. The van der Waals surface area contributed by atoms with Crippen molar-refractivity contribution in [2.75, 3.05) is 13.6 Å². The van der Waals surface area contributed by atoms with Crippen LogP contribution in [0.4, 0.5) is 0 Å². The van der Waals surface area contributed by atoms with Crippen LogP contribution in [-0.4, -0.2) is 18.5 Å². The molecular weight excluding hydrogens is 603 g/mol. The van der Waals surface area contributed by atoms with Gasteiger partial charge in [-0.3, -0.25) is 4.90 Å². The lowest BCUT2D eigenvalue weighted by atomic mass is 9.40. The van der Waals surface area contributed by atoms with Crippen LogP contribution in [0.1, 0.15) is 62.1 Å². The maximum absolute atomic E-state index is 3.25. The summed E-state index contributed by atoms with van der Waals surface area (Å²) >= 11 is 0. The van der Waals surface area contributed by atoms with Crippen molar-refractivity contribution in [1.82, 2.24) is 4.90 Å². The van der Waals surface area contributed by atoms with E-state index in [9.17, 15) is 0 Å². The van der Waals surface area contributed by atoms with Crippen molar-refractivity contribution in [3.8, 4) is 0 Å². The summed E-state index contributed by atoms with van der Waals surface area (Å²) in [5.74, 6) is 33.3. The molecule has 31 atom stereocenters. The van der Waals surface area contributed by atoms with Crippen molar-refractivity contribution in [3.63, 3.8) is 0 Å². The van der Waals surface area contributed by atoms with E-state index in [0.29, 0.717) is 11.5 Å². The van der Waals surface area contributed by atoms with Crippen LogP contribution < -0.4 is 0 Å².